The molecule has 0 saturated heterocycles. The Bertz CT molecular complexity index is 1360. The predicted octanol–water partition coefficient (Wildman–Crippen LogP) is 8.08. The third kappa shape index (κ3) is 5.66. The van der Waals surface area contributed by atoms with Gasteiger partial charge in [0.15, 0.2) is 0 Å². The average Bonchev–Trinajstić information content (AvgIpc) is 3.29. The van der Waals surface area contributed by atoms with Crippen LogP contribution in [-0.4, -0.2) is 23.7 Å². The largest absolute Gasteiger partial charge is 0.497 e. The zero-order valence-corrected chi connectivity index (χ0v) is 22.3. The lowest BCUT2D eigenvalue weighted by Crippen LogP contribution is -2.32. The second kappa shape index (κ2) is 11.0. The Labute approximate surface area is 227 Å². The van der Waals surface area contributed by atoms with E-state index in [2.05, 4.69) is 13.0 Å². The maximum Gasteiger partial charge on any atom is 0.267 e. The molecule has 3 aromatic rings. The molecule has 5 rings (SSSR count). The van der Waals surface area contributed by atoms with Crippen LogP contribution in [0.5, 0.6) is 5.75 Å². The summed E-state index contributed by atoms with van der Waals surface area (Å²) in [5, 5.41) is 7.99. The fraction of sp³-hybridized carbons (Fsp3) is 0.226. The highest BCUT2D eigenvalue weighted by atomic mass is 35.5. The summed E-state index contributed by atoms with van der Waals surface area (Å²) in [6, 6.07) is 23.0. The van der Waals surface area contributed by atoms with Crippen LogP contribution in [0.3, 0.4) is 0 Å². The molecule has 1 aliphatic carbocycles. The topological polar surface area (TPSA) is 41.9 Å². The van der Waals surface area contributed by atoms with E-state index >= 15 is 0 Å². The number of nitrogens with zero attached hydrogens (tertiary/aromatic N) is 2. The minimum Gasteiger partial charge on any atom is -0.497 e. The predicted molar refractivity (Wildman–Crippen MR) is 152 cm³/mol. The summed E-state index contributed by atoms with van der Waals surface area (Å²) in [6.45, 7) is 2.26. The van der Waals surface area contributed by atoms with E-state index in [9.17, 15) is 4.79 Å². The average molecular weight is 531 g/mol. The van der Waals surface area contributed by atoms with E-state index in [4.69, 9.17) is 33.0 Å². The molecule has 0 radical (unpaired) electrons. The minimum atomic E-state index is -0.198. The van der Waals surface area contributed by atoms with E-state index in [1.807, 2.05) is 78.9 Å². The third-order valence-corrected chi connectivity index (χ3v) is 7.45. The van der Waals surface area contributed by atoms with Gasteiger partial charge in [0.2, 0.25) is 0 Å². The van der Waals surface area contributed by atoms with Crippen LogP contribution in [0.25, 0.3) is 12.2 Å². The van der Waals surface area contributed by atoms with E-state index in [1.165, 1.54) is 5.57 Å². The van der Waals surface area contributed by atoms with E-state index in [-0.39, 0.29) is 17.9 Å². The maximum atomic E-state index is 13.6. The Balaban J connectivity index is 1.51. The lowest BCUT2D eigenvalue weighted by Gasteiger charge is -2.32. The van der Waals surface area contributed by atoms with Crippen LogP contribution in [0.1, 0.15) is 42.5 Å². The normalized spacial score (nSPS) is 22.3. The van der Waals surface area contributed by atoms with Crippen LogP contribution in [0.15, 0.2) is 89.5 Å². The van der Waals surface area contributed by atoms with E-state index in [0.29, 0.717) is 16.0 Å². The van der Waals surface area contributed by atoms with Crippen LogP contribution in [0, 0.1) is 11.8 Å². The molecule has 3 atom stereocenters. The number of fused-ring (bicyclic) bond motifs is 1. The Morgan fingerprint density at radius 1 is 0.946 bits per heavy atom. The molecule has 1 fully saturated rings. The van der Waals surface area contributed by atoms with E-state index in [1.54, 1.807) is 18.2 Å². The lowest BCUT2D eigenvalue weighted by atomic mass is 9.73. The quantitative estimate of drug-likeness (QED) is 0.312. The zero-order valence-electron chi connectivity index (χ0n) is 20.8. The highest BCUT2D eigenvalue weighted by Gasteiger charge is 2.44. The molecule has 2 aliphatic rings. The summed E-state index contributed by atoms with van der Waals surface area (Å²) in [4.78, 5) is 13.6. The first-order valence-corrected chi connectivity index (χ1v) is 13.1. The van der Waals surface area contributed by atoms with Gasteiger partial charge in [-0.15, -0.1) is 0 Å². The molecule has 188 valence electrons. The van der Waals surface area contributed by atoms with Crippen molar-refractivity contribution in [2.24, 2.45) is 16.9 Å². The number of rotatable bonds is 5. The summed E-state index contributed by atoms with van der Waals surface area (Å²) < 4.78 is 5.23. The lowest BCUT2D eigenvalue weighted by molar-refractivity contribution is -0.128. The van der Waals surface area contributed by atoms with Crippen molar-refractivity contribution < 1.29 is 9.53 Å². The van der Waals surface area contributed by atoms with Gasteiger partial charge in [0, 0.05) is 22.0 Å². The molecular weight excluding hydrogens is 503 g/mol. The second-order valence-corrected chi connectivity index (χ2v) is 10.5. The van der Waals surface area contributed by atoms with E-state index in [0.717, 1.165) is 41.0 Å². The van der Waals surface area contributed by atoms with Crippen LogP contribution < -0.4 is 4.74 Å². The number of halogens is 2. The van der Waals surface area contributed by atoms with Gasteiger partial charge in [0.1, 0.15) is 5.75 Å². The molecule has 6 heteroatoms. The molecule has 1 heterocycles. The number of carbonyl (C=O) groups excluding carboxylic acids is 1. The number of hydrogen-bond acceptors (Lipinski definition) is 3. The van der Waals surface area contributed by atoms with Crippen molar-refractivity contribution in [1.29, 1.82) is 0 Å². The standard InChI is InChI=1S/C31H28Cl2N2O2/c1-20-17-24(19-22-3-10-25(32)11-4-22)30-28(18-20)31(23-8-12-26(33)13-9-23)35(34-30)29(36)16-7-21-5-14-27(37-2)15-6-21/h3-16,19-20,28,31H,17-18H2,1-2H3/b16-7+,24-19+/t20-,28+,31-/m0/s1. The van der Waals surface area contributed by atoms with Gasteiger partial charge in [0.25, 0.3) is 5.91 Å². The number of carbonyl (C=O) groups is 1. The monoisotopic (exact) mass is 530 g/mol. The van der Waals surface area contributed by atoms with Crippen molar-refractivity contribution in [2.75, 3.05) is 7.11 Å². The molecular formula is C31H28Cl2N2O2. The van der Waals surface area contributed by atoms with E-state index < -0.39 is 0 Å². The number of benzene rings is 3. The number of ether oxygens (including phenoxy) is 1. The second-order valence-electron chi connectivity index (χ2n) is 9.64. The highest BCUT2D eigenvalue weighted by Crippen LogP contribution is 2.46. The van der Waals surface area contributed by atoms with Crippen molar-refractivity contribution in [3.8, 4) is 5.75 Å². The molecule has 0 bridgehead atoms. The van der Waals surface area contributed by atoms with Gasteiger partial charge in [-0.25, -0.2) is 5.01 Å². The summed E-state index contributed by atoms with van der Waals surface area (Å²) in [5.74, 6) is 1.18. The molecule has 0 N–H and O–H groups in total. The number of allylic oxidation sites excluding steroid dienone is 1. The Kier molecular flexibility index (Phi) is 7.50. The first-order valence-electron chi connectivity index (χ1n) is 12.4. The fourth-order valence-electron chi connectivity index (χ4n) is 5.18. The molecule has 0 spiro atoms. The van der Waals surface area contributed by atoms with Crippen LogP contribution in [-0.2, 0) is 4.79 Å². The fourth-order valence-corrected chi connectivity index (χ4v) is 5.44. The zero-order chi connectivity index (χ0) is 25.9. The highest BCUT2D eigenvalue weighted by molar-refractivity contribution is 6.30. The molecule has 4 nitrogen and oxygen atoms in total. The SMILES string of the molecule is COc1ccc(/C=C/C(=O)N2N=C3/C(=C/c4ccc(Cl)cc4)C[C@H](C)C[C@H]3[C@@H]2c2ccc(Cl)cc2)cc1. The Morgan fingerprint density at radius 3 is 2.22 bits per heavy atom. The van der Waals surface area contributed by atoms with Gasteiger partial charge in [-0.1, -0.05) is 66.5 Å². The summed E-state index contributed by atoms with van der Waals surface area (Å²) in [5.41, 5.74) is 5.17. The smallest absolute Gasteiger partial charge is 0.267 e. The molecule has 0 aromatic heterocycles. The molecule has 37 heavy (non-hydrogen) atoms. The van der Waals surface area contributed by atoms with Gasteiger partial charge in [0.05, 0.1) is 18.9 Å². The van der Waals surface area contributed by atoms with Crippen molar-refractivity contribution in [1.82, 2.24) is 5.01 Å². The summed E-state index contributed by atoms with van der Waals surface area (Å²) in [7, 11) is 1.63. The van der Waals surface area contributed by atoms with Gasteiger partial charge in [-0.3, -0.25) is 4.79 Å². The first-order chi connectivity index (χ1) is 17.9. The van der Waals surface area contributed by atoms with Crippen molar-refractivity contribution >= 4 is 47.0 Å². The van der Waals surface area contributed by atoms with Gasteiger partial charge >= 0.3 is 0 Å². The van der Waals surface area contributed by atoms with Crippen molar-refractivity contribution in [3.05, 3.63) is 111 Å². The van der Waals surface area contributed by atoms with Gasteiger partial charge in [-0.2, -0.15) is 5.10 Å². The number of hydrogen-bond donors (Lipinski definition) is 0. The van der Waals surface area contributed by atoms with Gasteiger partial charge < -0.3 is 4.74 Å². The Morgan fingerprint density at radius 2 is 1.57 bits per heavy atom. The third-order valence-electron chi connectivity index (χ3n) is 6.95. The molecule has 1 aliphatic heterocycles. The minimum absolute atomic E-state index is 0.0989. The Hall–Kier alpha value is -3.34. The summed E-state index contributed by atoms with van der Waals surface area (Å²) in [6.07, 6.45) is 7.46. The summed E-state index contributed by atoms with van der Waals surface area (Å²) >= 11 is 12.3. The molecule has 1 saturated carbocycles. The maximum absolute atomic E-state index is 13.6. The number of methoxy groups -OCH3 is 1. The van der Waals surface area contributed by atoms with Crippen molar-refractivity contribution in [2.45, 2.75) is 25.8 Å². The number of amides is 1. The molecule has 0 unspecified atom stereocenters. The van der Waals surface area contributed by atoms with Crippen LogP contribution in [0.2, 0.25) is 10.0 Å². The van der Waals surface area contributed by atoms with Crippen LogP contribution in [0.4, 0.5) is 0 Å². The number of hydrazone groups is 1. The first kappa shape index (κ1) is 25.3. The van der Waals surface area contributed by atoms with Crippen LogP contribution >= 0.6 is 23.2 Å². The molecule has 3 aromatic carbocycles. The van der Waals surface area contributed by atoms with Gasteiger partial charge in [-0.05, 0) is 89.6 Å². The van der Waals surface area contributed by atoms with Crippen molar-refractivity contribution in [3.63, 3.8) is 0 Å². The molecule has 1 amide bonds.